The standard InChI is InChI=1S/C22H44.C8H8N2O2/c1-2-3-4-5-13-16-19-22-20-17-14-11-9-7-6-8-10-12-15-18-21-22;9-7(11)5-1-2-6(4-3-5)8(10)12/h22H,2-21H2,1H3;1-4H,(H2,9,11)(H2,10,12). The van der Waals surface area contributed by atoms with E-state index in [-0.39, 0.29) is 0 Å². The van der Waals surface area contributed by atoms with Crippen LogP contribution in [0, 0.1) is 5.92 Å². The fourth-order valence-corrected chi connectivity index (χ4v) is 4.90. The van der Waals surface area contributed by atoms with Crippen molar-refractivity contribution < 1.29 is 9.59 Å². The second kappa shape index (κ2) is 20.5. The Bertz CT molecular complexity index is 595. The SMILES string of the molecule is CCCCCCCCC1CCCCCCCCCCCCC1.NC(=O)c1ccc(C(N)=O)cc1. The van der Waals surface area contributed by atoms with Gasteiger partial charge < -0.3 is 11.5 Å². The van der Waals surface area contributed by atoms with E-state index >= 15 is 0 Å². The van der Waals surface area contributed by atoms with Gasteiger partial charge >= 0.3 is 0 Å². The molecule has 2 rings (SSSR count). The Hall–Kier alpha value is -1.84. The molecule has 0 bridgehead atoms. The summed E-state index contributed by atoms with van der Waals surface area (Å²) in [5.74, 6) is 0.0196. The van der Waals surface area contributed by atoms with Crippen molar-refractivity contribution in [3.8, 4) is 0 Å². The minimum absolute atomic E-state index is 0.361. The molecule has 1 aromatic rings. The Labute approximate surface area is 209 Å². The summed E-state index contributed by atoms with van der Waals surface area (Å²) in [6, 6.07) is 5.84. The largest absolute Gasteiger partial charge is 0.366 e. The average molecular weight is 473 g/mol. The third-order valence-electron chi connectivity index (χ3n) is 7.14. The Kier molecular flexibility index (Phi) is 18.2. The minimum atomic E-state index is -0.522. The summed E-state index contributed by atoms with van der Waals surface area (Å²) < 4.78 is 0. The molecule has 1 aromatic carbocycles. The molecular weight excluding hydrogens is 420 g/mol. The number of hydrogen-bond acceptors (Lipinski definition) is 2. The van der Waals surface area contributed by atoms with Crippen LogP contribution in [0.15, 0.2) is 24.3 Å². The van der Waals surface area contributed by atoms with Crippen LogP contribution >= 0.6 is 0 Å². The molecule has 4 nitrogen and oxygen atoms in total. The molecule has 1 aliphatic carbocycles. The minimum Gasteiger partial charge on any atom is -0.366 e. The highest BCUT2D eigenvalue weighted by atomic mass is 16.1. The fourth-order valence-electron chi connectivity index (χ4n) is 4.90. The zero-order valence-corrected chi connectivity index (χ0v) is 22.0. The lowest BCUT2D eigenvalue weighted by Crippen LogP contribution is -2.13. The topological polar surface area (TPSA) is 86.2 Å². The van der Waals surface area contributed by atoms with Crippen LogP contribution in [0.25, 0.3) is 0 Å². The van der Waals surface area contributed by atoms with Crippen molar-refractivity contribution in [2.24, 2.45) is 17.4 Å². The number of benzene rings is 1. The zero-order valence-electron chi connectivity index (χ0n) is 22.0. The molecule has 0 aliphatic heterocycles. The third-order valence-corrected chi connectivity index (χ3v) is 7.14. The van der Waals surface area contributed by atoms with E-state index in [0.717, 1.165) is 5.92 Å². The van der Waals surface area contributed by atoms with E-state index in [1.807, 2.05) is 0 Å². The second-order valence-corrected chi connectivity index (χ2v) is 10.2. The number of unbranched alkanes of at least 4 members (excludes halogenated alkanes) is 5. The van der Waals surface area contributed by atoms with Crippen molar-refractivity contribution in [3.05, 3.63) is 35.4 Å². The Morgan fingerprint density at radius 2 is 0.971 bits per heavy atom. The van der Waals surface area contributed by atoms with E-state index in [9.17, 15) is 9.59 Å². The van der Waals surface area contributed by atoms with Crippen molar-refractivity contribution in [2.75, 3.05) is 0 Å². The predicted molar refractivity (Wildman–Crippen MR) is 145 cm³/mol. The molecule has 1 saturated carbocycles. The van der Waals surface area contributed by atoms with Crippen LogP contribution in [-0.4, -0.2) is 11.8 Å². The lowest BCUT2D eigenvalue weighted by Gasteiger charge is -2.17. The highest BCUT2D eigenvalue weighted by Crippen LogP contribution is 2.25. The van der Waals surface area contributed by atoms with E-state index in [0.29, 0.717) is 11.1 Å². The number of carbonyl (C=O) groups is 2. The molecule has 0 aromatic heterocycles. The quantitative estimate of drug-likeness (QED) is 0.354. The highest BCUT2D eigenvalue weighted by molar-refractivity contribution is 5.96. The van der Waals surface area contributed by atoms with Gasteiger partial charge in [-0.3, -0.25) is 9.59 Å². The summed E-state index contributed by atoms with van der Waals surface area (Å²) >= 11 is 0. The van der Waals surface area contributed by atoms with Crippen molar-refractivity contribution in [3.63, 3.8) is 0 Å². The van der Waals surface area contributed by atoms with Gasteiger partial charge in [0.2, 0.25) is 11.8 Å². The summed E-state index contributed by atoms with van der Waals surface area (Å²) in [5.41, 5.74) is 10.7. The van der Waals surface area contributed by atoms with Gasteiger partial charge in [0, 0.05) is 11.1 Å². The van der Waals surface area contributed by atoms with Crippen LogP contribution in [0.2, 0.25) is 0 Å². The molecule has 0 saturated heterocycles. The maximum Gasteiger partial charge on any atom is 0.248 e. The molecule has 2 amide bonds. The Balaban J connectivity index is 0.000000404. The summed E-state index contributed by atoms with van der Waals surface area (Å²) in [7, 11) is 0. The molecule has 194 valence electrons. The first-order valence-corrected chi connectivity index (χ1v) is 14.2. The van der Waals surface area contributed by atoms with Gasteiger partial charge in [0.1, 0.15) is 0 Å². The number of hydrogen-bond donors (Lipinski definition) is 2. The van der Waals surface area contributed by atoms with Crippen molar-refractivity contribution in [1.82, 2.24) is 0 Å². The molecule has 4 heteroatoms. The summed E-state index contributed by atoms with van der Waals surface area (Å²) in [6.45, 7) is 2.31. The molecule has 0 unspecified atom stereocenters. The number of amides is 2. The lowest BCUT2D eigenvalue weighted by atomic mass is 9.89. The maximum absolute atomic E-state index is 10.6. The molecule has 0 atom stereocenters. The molecule has 0 spiro atoms. The maximum atomic E-state index is 10.6. The lowest BCUT2D eigenvalue weighted by molar-refractivity contribution is 0.0988. The number of primary amides is 2. The van der Waals surface area contributed by atoms with Crippen LogP contribution < -0.4 is 11.5 Å². The first-order chi connectivity index (χ1) is 16.5. The van der Waals surface area contributed by atoms with E-state index in [4.69, 9.17) is 11.5 Å². The smallest absolute Gasteiger partial charge is 0.248 e. The number of rotatable bonds is 9. The van der Waals surface area contributed by atoms with E-state index in [1.54, 1.807) is 0 Å². The summed E-state index contributed by atoms with van der Waals surface area (Å²) in [4.78, 5) is 21.2. The second-order valence-electron chi connectivity index (χ2n) is 10.2. The molecule has 0 heterocycles. The van der Waals surface area contributed by atoms with Crippen molar-refractivity contribution in [1.29, 1.82) is 0 Å². The van der Waals surface area contributed by atoms with Gasteiger partial charge in [-0.25, -0.2) is 0 Å². The summed E-state index contributed by atoms with van der Waals surface area (Å²) in [6.07, 6.45) is 30.0. The molecule has 1 fully saturated rings. The third kappa shape index (κ3) is 15.9. The van der Waals surface area contributed by atoms with Crippen LogP contribution in [0.4, 0.5) is 0 Å². The first kappa shape index (κ1) is 30.2. The number of nitrogens with two attached hydrogens (primary N) is 2. The van der Waals surface area contributed by atoms with E-state index < -0.39 is 11.8 Å². The average Bonchev–Trinajstić information content (AvgIpc) is 2.83. The molecule has 34 heavy (non-hydrogen) atoms. The zero-order chi connectivity index (χ0) is 24.9. The van der Waals surface area contributed by atoms with Gasteiger partial charge in [0.05, 0.1) is 0 Å². The van der Waals surface area contributed by atoms with Gasteiger partial charge in [-0.15, -0.1) is 0 Å². The summed E-state index contributed by atoms with van der Waals surface area (Å²) in [5, 5.41) is 0. The van der Waals surface area contributed by atoms with Gasteiger partial charge in [0.25, 0.3) is 0 Å². The van der Waals surface area contributed by atoms with Gasteiger partial charge in [-0.1, -0.05) is 135 Å². The molecule has 1 aliphatic rings. The molecule has 4 N–H and O–H groups in total. The van der Waals surface area contributed by atoms with Crippen LogP contribution in [0.1, 0.15) is 156 Å². The van der Waals surface area contributed by atoms with Gasteiger partial charge in [0.15, 0.2) is 0 Å². The van der Waals surface area contributed by atoms with Crippen LogP contribution in [0.3, 0.4) is 0 Å². The van der Waals surface area contributed by atoms with E-state index in [1.165, 1.54) is 153 Å². The highest BCUT2D eigenvalue weighted by Gasteiger charge is 2.09. The van der Waals surface area contributed by atoms with Crippen LogP contribution in [-0.2, 0) is 0 Å². The first-order valence-electron chi connectivity index (χ1n) is 14.2. The van der Waals surface area contributed by atoms with Crippen LogP contribution in [0.5, 0.6) is 0 Å². The normalized spacial score (nSPS) is 16.6. The van der Waals surface area contributed by atoms with E-state index in [2.05, 4.69) is 6.92 Å². The van der Waals surface area contributed by atoms with Crippen molar-refractivity contribution >= 4 is 11.8 Å². The van der Waals surface area contributed by atoms with Crippen molar-refractivity contribution in [2.45, 2.75) is 135 Å². The molecule has 0 radical (unpaired) electrons. The van der Waals surface area contributed by atoms with Gasteiger partial charge in [-0.05, 0) is 30.2 Å². The Morgan fingerprint density at radius 3 is 1.35 bits per heavy atom. The number of carbonyl (C=O) groups excluding carboxylic acids is 2. The predicted octanol–water partition coefficient (Wildman–Crippen LogP) is 8.32. The Morgan fingerprint density at radius 1 is 0.618 bits per heavy atom. The van der Waals surface area contributed by atoms with Gasteiger partial charge in [-0.2, -0.15) is 0 Å². The fraction of sp³-hybridized carbons (Fsp3) is 0.733. The monoisotopic (exact) mass is 472 g/mol. The molecular formula is C30H52N2O2.